The molecule has 5 aromatic rings. The van der Waals surface area contributed by atoms with E-state index < -0.39 is 11.2 Å². The number of hydrogen-bond acceptors (Lipinski definition) is 6. The molecule has 0 bridgehead atoms. The van der Waals surface area contributed by atoms with E-state index in [1.54, 1.807) is 0 Å². The Labute approximate surface area is 303 Å². The molecule has 2 saturated heterocycles. The highest BCUT2D eigenvalue weighted by Gasteiger charge is 2.57. The first-order chi connectivity index (χ1) is 24.8. The third-order valence-corrected chi connectivity index (χ3v) is 10.9. The summed E-state index contributed by atoms with van der Waals surface area (Å²) < 4.78 is 11.5. The zero-order valence-corrected chi connectivity index (χ0v) is 30.6. The van der Waals surface area contributed by atoms with Gasteiger partial charge in [0.2, 0.25) is 0 Å². The summed E-state index contributed by atoms with van der Waals surface area (Å²) in [5.41, 5.74) is 5.17. The van der Waals surface area contributed by atoms with Crippen molar-refractivity contribution in [2.24, 2.45) is 11.8 Å². The molecule has 2 N–H and O–H groups in total. The number of ether oxygens (including phenoxy) is 2. The number of piperidine rings is 2. The van der Waals surface area contributed by atoms with Crippen molar-refractivity contribution in [3.63, 3.8) is 0 Å². The van der Waals surface area contributed by atoms with Crippen LogP contribution >= 0.6 is 0 Å². The molecule has 0 spiro atoms. The number of benzene rings is 3. The van der Waals surface area contributed by atoms with Crippen molar-refractivity contribution in [1.82, 2.24) is 29.7 Å². The molecule has 4 fully saturated rings. The lowest BCUT2D eigenvalue weighted by Gasteiger charge is -2.29. The minimum absolute atomic E-state index is 0.0904. The summed E-state index contributed by atoms with van der Waals surface area (Å²) in [6.07, 6.45) is 7.15. The summed E-state index contributed by atoms with van der Waals surface area (Å²) in [5.74, 6) is 2.69. The molecule has 4 aliphatic rings. The summed E-state index contributed by atoms with van der Waals surface area (Å²) in [5, 5.41) is 2.29. The molecule has 2 aliphatic heterocycles. The molecule has 10 nitrogen and oxygen atoms in total. The summed E-state index contributed by atoms with van der Waals surface area (Å²) in [6, 6.07) is 21.9. The Morgan fingerprint density at radius 3 is 1.52 bits per heavy atom. The van der Waals surface area contributed by atoms with Crippen molar-refractivity contribution < 1.29 is 19.1 Å². The third kappa shape index (κ3) is 6.11. The Kier molecular flexibility index (Phi) is 7.37. The van der Waals surface area contributed by atoms with Crippen LogP contribution in [0.5, 0.6) is 0 Å². The molecule has 6 atom stereocenters. The van der Waals surface area contributed by atoms with Crippen LogP contribution in [-0.4, -0.2) is 65.2 Å². The highest BCUT2D eigenvalue weighted by molar-refractivity contribution is 5.90. The largest absolute Gasteiger partial charge is 0.444 e. The maximum Gasteiger partial charge on any atom is 0.411 e. The fourth-order valence-electron chi connectivity index (χ4n) is 8.30. The molecule has 52 heavy (non-hydrogen) atoms. The summed E-state index contributed by atoms with van der Waals surface area (Å²) >= 11 is 0. The van der Waals surface area contributed by atoms with Crippen LogP contribution in [0.25, 0.3) is 44.4 Å². The van der Waals surface area contributed by atoms with Gasteiger partial charge in [0.15, 0.2) is 0 Å². The van der Waals surface area contributed by atoms with Crippen LogP contribution in [0, 0.1) is 11.8 Å². The van der Waals surface area contributed by atoms with Gasteiger partial charge >= 0.3 is 12.2 Å². The summed E-state index contributed by atoms with van der Waals surface area (Å²) in [6.45, 7) is 11.4. The number of fused-ring (bicyclic) bond motifs is 3. The van der Waals surface area contributed by atoms with E-state index in [9.17, 15) is 9.59 Å². The van der Waals surface area contributed by atoms with Crippen molar-refractivity contribution in [1.29, 1.82) is 0 Å². The van der Waals surface area contributed by atoms with Crippen LogP contribution in [0.1, 0.15) is 91.0 Å². The zero-order chi connectivity index (χ0) is 36.1. The van der Waals surface area contributed by atoms with E-state index >= 15 is 0 Å². The van der Waals surface area contributed by atoms with E-state index in [1.165, 1.54) is 0 Å². The number of carbonyl (C=O) groups is 2. The molecule has 2 saturated carbocycles. The van der Waals surface area contributed by atoms with Crippen LogP contribution in [0.2, 0.25) is 0 Å². The van der Waals surface area contributed by atoms with Gasteiger partial charge in [-0.3, -0.25) is 9.80 Å². The predicted molar refractivity (Wildman–Crippen MR) is 199 cm³/mol. The molecule has 2 aromatic heterocycles. The second-order valence-electron chi connectivity index (χ2n) is 17.1. The molecule has 10 heteroatoms. The van der Waals surface area contributed by atoms with Gasteiger partial charge in [-0.2, -0.15) is 0 Å². The number of aromatic nitrogens is 4. The summed E-state index contributed by atoms with van der Waals surface area (Å²) in [7, 11) is 0. The van der Waals surface area contributed by atoms with Crippen LogP contribution in [0.4, 0.5) is 9.59 Å². The number of carbonyl (C=O) groups excluding carboxylic acids is 2. The van der Waals surface area contributed by atoms with E-state index in [2.05, 4.69) is 70.6 Å². The smallest absolute Gasteiger partial charge is 0.411 e. The number of aromatic amines is 2. The van der Waals surface area contributed by atoms with Crippen molar-refractivity contribution in [3.8, 4) is 33.6 Å². The number of likely N-dealkylation sites (tertiary alicyclic amines) is 2. The van der Waals surface area contributed by atoms with Crippen LogP contribution < -0.4 is 0 Å². The van der Waals surface area contributed by atoms with E-state index in [0.717, 1.165) is 81.7 Å². The second kappa shape index (κ2) is 11.7. The van der Waals surface area contributed by atoms with Gasteiger partial charge in [-0.05, 0) is 119 Å². The van der Waals surface area contributed by atoms with E-state index in [-0.39, 0.29) is 36.4 Å². The van der Waals surface area contributed by atoms with Gasteiger partial charge in [-0.15, -0.1) is 0 Å². The Morgan fingerprint density at radius 1 is 0.596 bits per heavy atom. The van der Waals surface area contributed by atoms with Gasteiger partial charge < -0.3 is 19.4 Å². The highest BCUT2D eigenvalue weighted by atomic mass is 16.6. The molecule has 2 aliphatic carbocycles. The molecule has 9 rings (SSSR count). The second-order valence-corrected chi connectivity index (χ2v) is 17.1. The van der Waals surface area contributed by atoms with Crippen molar-refractivity contribution in [3.05, 3.63) is 84.7 Å². The zero-order valence-electron chi connectivity index (χ0n) is 30.6. The first-order valence-electron chi connectivity index (χ1n) is 18.6. The van der Waals surface area contributed by atoms with Gasteiger partial charge in [-0.1, -0.05) is 48.5 Å². The van der Waals surface area contributed by atoms with Crippen molar-refractivity contribution >= 4 is 23.0 Å². The predicted octanol–water partition coefficient (Wildman–Crippen LogP) is 9.43. The van der Waals surface area contributed by atoms with Crippen LogP contribution in [-0.2, 0) is 9.47 Å². The monoisotopic (exact) mass is 698 g/mol. The lowest BCUT2D eigenvalue weighted by atomic mass is 9.98. The molecular weight excluding hydrogens is 652 g/mol. The average Bonchev–Trinajstić information content (AvgIpc) is 3.68. The molecule has 268 valence electrons. The quantitative estimate of drug-likeness (QED) is 0.189. The third-order valence-electron chi connectivity index (χ3n) is 10.9. The van der Waals surface area contributed by atoms with Crippen LogP contribution in [0.3, 0.4) is 0 Å². The minimum atomic E-state index is -0.535. The van der Waals surface area contributed by atoms with Gasteiger partial charge in [0, 0.05) is 17.6 Å². The van der Waals surface area contributed by atoms with Gasteiger partial charge in [0.05, 0.1) is 35.9 Å². The lowest BCUT2D eigenvalue weighted by Crippen LogP contribution is -2.38. The molecule has 0 radical (unpaired) electrons. The van der Waals surface area contributed by atoms with E-state index in [1.807, 2.05) is 63.7 Å². The molecular formula is C42H46N6O4. The van der Waals surface area contributed by atoms with Gasteiger partial charge in [-0.25, -0.2) is 19.6 Å². The number of nitrogens with zero attached hydrogens (tertiary/aromatic N) is 4. The summed E-state index contributed by atoms with van der Waals surface area (Å²) in [4.78, 5) is 46.4. The number of imidazole rings is 2. The highest BCUT2D eigenvalue weighted by Crippen LogP contribution is 2.54. The number of amides is 2. The maximum atomic E-state index is 13.1. The maximum absolute atomic E-state index is 13.1. The van der Waals surface area contributed by atoms with E-state index in [0.29, 0.717) is 11.8 Å². The SMILES string of the molecule is CC(C)(C)OC(=O)N1C(c2ncc(-c3ccc(-c4ccc5cc(-c6cnc(C7CC8CC8N7C(=O)OC(C)(C)C)[nH]6)ccc5c4)cc3)[nH]2)CC2CC21. The standard InChI is InChI=1S/C42H46N6O4/c1-41(2,3)51-39(49)47-33-17-29(33)19-35(47)37-43-21-31(45-37)24-9-7-23(8-10-24)25-11-12-27-16-28(14-13-26(27)15-25)32-22-44-38(46-32)36-20-30-18-34(30)48(36)40(50)52-42(4,5)6/h7-16,21-22,29-30,33-36H,17-20H2,1-6H3,(H,43,45)(H,44,46). The van der Waals surface area contributed by atoms with Crippen molar-refractivity contribution in [2.45, 2.75) is 103 Å². The van der Waals surface area contributed by atoms with Crippen LogP contribution in [0.15, 0.2) is 73.1 Å². The molecule has 6 unspecified atom stereocenters. The Morgan fingerprint density at radius 2 is 1.02 bits per heavy atom. The Hall–Kier alpha value is -5.12. The number of hydrogen-bond donors (Lipinski definition) is 2. The molecule has 2 amide bonds. The normalized spacial score (nSPS) is 24.9. The Balaban J connectivity index is 0.890. The molecule has 3 aromatic carbocycles. The fourth-order valence-corrected chi connectivity index (χ4v) is 8.30. The fraction of sp³-hybridized carbons (Fsp3) is 0.429. The topological polar surface area (TPSA) is 116 Å². The number of H-pyrrole nitrogens is 2. The lowest BCUT2D eigenvalue weighted by molar-refractivity contribution is 0.0164. The first-order valence-corrected chi connectivity index (χ1v) is 18.6. The van der Waals surface area contributed by atoms with Gasteiger partial charge in [0.1, 0.15) is 22.9 Å². The minimum Gasteiger partial charge on any atom is -0.444 e. The van der Waals surface area contributed by atoms with Crippen molar-refractivity contribution in [2.75, 3.05) is 0 Å². The first kappa shape index (κ1) is 32.8. The number of rotatable bonds is 5. The Bertz CT molecular complexity index is 2190. The van der Waals surface area contributed by atoms with E-state index in [4.69, 9.17) is 19.4 Å². The average molecular weight is 699 g/mol. The van der Waals surface area contributed by atoms with Gasteiger partial charge in [0.25, 0.3) is 0 Å². The number of nitrogens with one attached hydrogen (secondary N) is 2. The molecule has 4 heterocycles.